The van der Waals surface area contributed by atoms with Gasteiger partial charge in [-0.25, -0.2) is 4.39 Å². The van der Waals surface area contributed by atoms with Gasteiger partial charge in [0.1, 0.15) is 6.17 Å². The Kier molecular flexibility index (Phi) is 6.29. The summed E-state index contributed by atoms with van der Waals surface area (Å²) in [6, 6.07) is 8.87. The molecule has 1 aromatic carbocycles. The molecular weight excluding hydrogens is 247 g/mol. The van der Waals surface area contributed by atoms with Gasteiger partial charge in [0, 0.05) is 0 Å². The Labute approximate surface area is 123 Å². The van der Waals surface area contributed by atoms with Crippen LogP contribution in [0.3, 0.4) is 0 Å². The Morgan fingerprint density at radius 1 is 1.05 bits per heavy atom. The highest BCUT2D eigenvalue weighted by Crippen LogP contribution is 2.34. The second-order valence-corrected chi connectivity index (χ2v) is 6.01. The van der Waals surface area contributed by atoms with Crippen LogP contribution < -0.4 is 0 Å². The Balaban J connectivity index is 1.83. The zero-order chi connectivity index (χ0) is 14.2. The summed E-state index contributed by atoms with van der Waals surface area (Å²) < 4.78 is 13.2. The van der Waals surface area contributed by atoms with Crippen molar-refractivity contribution in [2.24, 2.45) is 0 Å². The van der Waals surface area contributed by atoms with Gasteiger partial charge < -0.3 is 0 Å². The molecule has 1 aliphatic rings. The van der Waals surface area contributed by atoms with Gasteiger partial charge >= 0.3 is 0 Å². The fourth-order valence-electron chi connectivity index (χ4n) is 3.00. The SMILES string of the molecule is CCCCCC=Cc1ccc(C2CCC(F)CC2)cc1. The molecular formula is C19H27F. The van der Waals surface area contributed by atoms with Gasteiger partial charge in [0.05, 0.1) is 0 Å². The standard InChI is InChI=1S/C19H27F/c1-2-3-4-5-6-7-16-8-10-17(11-9-16)18-12-14-19(20)15-13-18/h6-11,18-19H,2-5,12-15H2,1H3. The molecule has 0 spiro atoms. The number of alkyl halides is 1. The van der Waals surface area contributed by atoms with Gasteiger partial charge in [-0.05, 0) is 55.6 Å². The quantitative estimate of drug-likeness (QED) is 0.536. The molecule has 1 aromatic rings. The van der Waals surface area contributed by atoms with Crippen molar-refractivity contribution in [3.8, 4) is 0 Å². The molecule has 20 heavy (non-hydrogen) atoms. The summed E-state index contributed by atoms with van der Waals surface area (Å²) in [4.78, 5) is 0. The maximum atomic E-state index is 13.2. The third-order valence-corrected chi connectivity index (χ3v) is 4.35. The molecule has 0 N–H and O–H groups in total. The lowest BCUT2D eigenvalue weighted by Gasteiger charge is -2.24. The lowest BCUT2D eigenvalue weighted by atomic mass is 9.83. The summed E-state index contributed by atoms with van der Waals surface area (Å²) in [5.41, 5.74) is 2.67. The van der Waals surface area contributed by atoms with E-state index in [2.05, 4.69) is 43.3 Å². The van der Waals surface area contributed by atoms with Crippen LogP contribution in [0.1, 0.15) is 75.3 Å². The van der Waals surface area contributed by atoms with Crippen molar-refractivity contribution in [3.05, 3.63) is 41.5 Å². The largest absolute Gasteiger partial charge is 0.247 e. The van der Waals surface area contributed by atoms with E-state index in [9.17, 15) is 4.39 Å². The van der Waals surface area contributed by atoms with E-state index in [0.717, 1.165) is 25.7 Å². The van der Waals surface area contributed by atoms with Crippen LogP contribution in [0.15, 0.2) is 30.3 Å². The predicted octanol–water partition coefficient (Wildman–Crippen LogP) is 6.28. The molecule has 0 atom stereocenters. The summed E-state index contributed by atoms with van der Waals surface area (Å²) in [6.45, 7) is 2.23. The van der Waals surface area contributed by atoms with Crippen molar-refractivity contribution in [1.82, 2.24) is 0 Å². The van der Waals surface area contributed by atoms with E-state index < -0.39 is 6.17 Å². The molecule has 0 unspecified atom stereocenters. The molecule has 0 heterocycles. The predicted molar refractivity (Wildman–Crippen MR) is 85.7 cm³/mol. The first-order valence-electron chi connectivity index (χ1n) is 8.20. The molecule has 1 fully saturated rings. The van der Waals surface area contributed by atoms with Gasteiger partial charge in [-0.2, -0.15) is 0 Å². The Morgan fingerprint density at radius 3 is 2.40 bits per heavy atom. The number of hydrogen-bond donors (Lipinski definition) is 0. The zero-order valence-corrected chi connectivity index (χ0v) is 12.7. The van der Waals surface area contributed by atoms with Crippen LogP contribution in [0.2, 0.25) is 0 Å². The molecule has 1 heteroatoms. The Morgan fingerprint density at radius 2 is 1.75 bits per heavy atom. The van der Waals surface area contributed by atoms with E-state index in [-0.39, 0.29) is 0 Å². The van der Waals surface area contributed by atoms with Crippen LogP contribution in [0.4, 0.5) is 4.39 Å². The molecule has 0 saturated heterocycles. The topological polar surface area (TPSA) is 0 Å². The number of benzene rings is 1. The third kappa shape index (κ3) is 4.77. The smallest absolute Gasteiger partial charge is 0.100 e. The minimum atomic E-state index is -0.559. The first-order valence-corrected chi connectivity index (χ1v) is 8.20. The highest BCUT2D eigenvalue weighted by molar-refractivity contribution is 5.49. The van der Waals surface area contributed by atoms with Crippen LogP contribution >= 0.6 is 0 Å². The van der Waals surface area contributed by atoms with Gasteiger partial charge in [0.2, 0.25) is 0 Å². The van der Waals surface area contributed by atoms with Gasteiger partial charge in [0.15, 0.2) is 0 Å². The lowest BCUT2D eigenvalue weighted by molar-refractivity contribution is 0.235. The summed E-state index contributed by atoms with van der Waals surface area (Å²) in [5.74, 6) is 0.574. The molecule has 110 valence electrons. The van der Waals surface area contributed by atoms with E-state index in [1.165, 1.54) is 36.8 Å². The first kappa shape index (κ1) is 15.3. The fourth-order valence-corrected chi connectivity index (χ4v) is 3.00. The zero-order valence-electron chi connectivity index (χ0n) is 12.7. The monoisotopic (exact) mass is 274 g/mol. The molecule has 1 aliphatic carbocycles. The van der Waals surface area contributed by atoms with Crippen molar-refractivity contribution in [2.75, 3.05) is 0 Å². The number of rotatable bonds is 6. The fraction of sp³-hybridized carbons (Fsp3) is 0.579. The highest BCUT2D eigenvalue weighted by Gasteiger charge is 2.21. The van der Waals surface area contributed by atoms with Crippen LogP contribution in [0.5, 0.6) is 0 Å². The Bertz CT molecular complexity index is 396. The van der Waals surface area contributed by atoms with Gasteiger partial charge in [-0.15, -0.1) is 0 Å². The van der Waals surface area contributed by atoms with Gasteiger partial charge in [-0.1, -0.05) is 56.2 Å². The normalized spacial score (nSPS) is 23.3. The summed E-state index contributed by atoms with van der Waals surface area (Å²) in [5, 5.41) is 0. The van der Waals surface area contributed by atoms with Crippen molar-refractivity contribution in [2.45, 2.75) is 70.4 Å². The van der Waals surface area contributed by atoms with Crippen molar-refractivity contribution < 1.29 is 4.39 Å². The van der Waals surface area contributed by atoms with Crippen LogP contribution in [0.25, 0.3) is 6.08 Å². The average molecular weight is 274 g/mol. The van der Waals surface area contributed by atoms with Crippen molar-refractivity contribution in [1.29, 1.82) is 0 Å². The second kappa shape index (κ2) is 8.24. The maximum Gasteiger partial charge on any atom is 0.100 e. The molecule has 0 aromatic heterocycles. The van der Waals surface area contributed by atoms with E-state index in [1.54, 1.807) is 0 Å². The molecule has 0 nitrogen and oxygen atoms in total. The van der Waals surface area contributed by atoms with E-state index in [4.69, 9.17) is 0 Å². The molecule has 1 saturated carbocycles. The van der Waals surface area contributed by atoms with Crippen LogP contribution in [-0.4, -0.2) is 6.17 Å². The molecule has 0 amide bonds. The second-order valence-electron chi connectivity index (χ2n) is 6.01. The molecule has 0 bridgehead atoms. The minimum Gasteiger partial charge on any atom is -0.247 e. The number of halogens is 1. The van der Waals surface area contributed by atoms with Crippen LogP contribution in [0, 0.1) is 0 Å². The van der Waals surface area contributed by atoms with Crippen LogP contribution in [-0.2, 0) is 0 Å². The highest BCUT2D eigenvalue weighted by atomic mass is 19.1. The van der Waals surface area contributed by atoms with E-state index in [1.807, 2.05) is 0 Å². The summed E-state index contributed by atoms with van der Waals surface area (Å²) in [7, 11) is 0. The molecule has 0 aliphatic heterocycles. The Hall–Kier alpha value is -1.11. The summed E-state index contributed by atoms with van der Waals surface area (Å²) >= 11 is 0. The first-order chi connectivity index (χ1) is 9.79. The third-order valence-electron chi connectivity index (χ3n) is 4.35. The summed E-state index contributed by atoms with van der Waals surface area (Å²) in [6.07, 6.45) is 12.5. The number of unbranched alkanes of at least 4 members (excludes halogenated alkanes) is 3. The molecule has 0 radical (unpaired) electrons. The maximum absolute atomic E-state index is 13.2. The van der Waals surface area contributed by atoms with Crippen molar-refractivity contribution in [3.63, 3.8) is 0 Å². The van der Waals surface area contributed by atoms with Crippen molar-refractivity contribution >= 4 is 6.08 Å². The van der Waals surface area contributed by atoms with E-state index >= 15 is 0 Å². The van der Waals surface area contributed by atoms with Gasteiger partial charge in [0.25, 0.3) is 0 Å². The molecule has 2 rings (SSSR count). The number of hydrogen-bond acceptors (Lipinski definition) is 0. The van der Waals surface area contributed by atoms with Gasteiger partial charge in [-0.3, -0.25) is 0 Å². The average Bonchev–Trinajstić information content (AvgIpc) is 2.49. The lowest BCUT2D eigenvalue weighted by Crippen LogP contribution is -2.13. The van der Waals surface area contributed by atoms with E-state index in [0.29, 0.717) is 5.92 Å². The minimum absolute atomic E-state index is 0.559. The number of allylic oxidation sites excluding steroid dienone is 1.